The summed E-state index contributed by atoms with van der Waals surface area (Å²) in [4.78, 5) is 11.8. The molecule has 0 aliphatic heterocycles. The van der Waals surface area contributed by atoms with E-state index in [4.69, 9.17) is 5.73 Å². The molecule has 8 heteroatoms. The van der Waals surface area contributed by atoms with Gasteiger partial charge in [-0.15, -0.1) is 13.2 Å². The summed E-state index contributed by atoms with van der Waals surface area (Å²) < 4.78 is 40.2. The molecule has 0 radical (unpaired) electrons. The van der Waals surface area contributed by atoms with Crippen LogP contribution in [-0.4, -0.2) is 18.8 Å². The highest BCUT2D eigenvalue weighted by Gasteiger charge is 2.32. The van der Waals surface area contributed by atoms with E-state index in [9.17, 15) is 18.0 Å². The summed E-state index contributed by atoms with van der Waals surface area (Å²) >= 11 is 2.96. The van der Waals surface area contributed by atoms with Crippen LogP contribution in [0.5, 0.6) is 5.75 Å². The number of nitrogens with two attached hydrogens (primary N) is 1. The van der Waals surface area contributed by atoms with Crippen LogP contribution in [0.4, 0.5) is 18.9 Å². The maximum Gasteiger partial charge on any atom is 0.573 e. The Labute approximate surface area is 122 Å². The van der Waals surface area contributed by atoms with E-state index in [1.807, 2.05) is 6.92 Å². The fraction of sp³-hybridized carbons (Fsp3) is 0.417. The largest absolute Gasteiger partial charge is 0.573 e. The number of carbonyl (C=O) groups is 1. The molecule has 20 heavy (non-hydrogen) atoms. The SMILES string of the molecule is CCC(CN)C(=O)Nc1ccc(OC(F)(F)F)c(Br)c1. The minimum atomic E-state index is -4.76. The van der Waals surface area contributed by atoms with E-state index < -0.39 is 6.36 Å². The van der Waals surface area contributed by atoms with Crippen molar-refractivity contribution >= 4 is 27.5 Å². The van der Waals surface area contributed by atoms with Gasteiger partial charge in [0.15, 0.2) is 0 Å². The van der Waals surface area contributed by atoms with Gasteiger partial charge in [-0.25, -0.2) is 0 Å². The van der Waals surface area contributed by atoms with Gasteiger partial charge in [0.25, 0.3) is 0 Å². The zero-order chi connectivity index (χ0) is 15.3. The summed E-state index contributed by atoms with van der Waals surface area (Å²) in [5.41, 5.74) is 5.81. The lowest BCUT2D eigenvalue weighted by Crippen LogP contribution is -2.28. The second kappa shape index (κ2) is 6.94. The van der Waals surface area contributed by atoms with Crippen LogP contribution in [0, 0.1) is 5.92 Å². The first-order valence-corrected chi connectivity index (χ1v) is 6.62. The number of ether oxygens (including phenoxy) is 1. The molecule has 0 bridgehead atoms. The Morgan fingerprint density at radius 2 is 2.15 bits per heavy atom. The number of hydrogen-bond donors (Lipinski definition) is 2. The number of rotatable bonds is 5. The first kappa shape index (κ1) is 16.8. The number of amides is 1. The van der Waals surface area contributed by atoms with Crippen molar-refractivity contribution in [2.45, 2.75) is 19.7 Å². The van der Waals surface area contributed by atoms with Crippen molar-refractivity contribution in [3.8, 4) is 5.75 Å². The number of carbonyl (C=O) groups excluding carboxylic acids is 1. The lowest BCUT2D eigenvalue weighted by molar-refractivity contribution is -0.274. The number of benzene rings is 1. The summed E-state index contributed by atoms with van der Waals surface area (Å²) in [6, 6.07) is 3.78. The highest BCUT2D eigenvalue weighted by atomic mass is 79.9. The number of nitrogens with one attached hydrogen (secondary N) is 1. The van der Waals surface area contributed by atoms with Gasteiger partial charge in [-0.05, 0) is 40.5 Å². The number of anilines is 1. The molecule has 1 aromatic carbocycles. The van der Waals surface area contributed by atoms with Crippen molar-refractivity contribution in [2.24, 2.45) is 11.7 Å². The summed E-state index contributed by atoms with van der Waals surface area (Å²) in [6.07, 6.45) is -4.18. The van der Waals surface area contributed by atoms with Gasteiger partial charge in [-0.3, -0.25) is 4.79 Å². The molecule has 0 saturated carbocycles. The number of halogens is 4. The van der Waals surface area contributed by atoms with E-state index in [-0.39, 0.29) is 28.6 Å². The van der Waals surface area contributed by atoms with Crippen LogP contribution in [0.1, 0.15) is 13.3 Å². The number of alkyl halides is 3. The molecule has 0 heterocycles. The lowest BCUT2D eigenvalue weighted by Gasteiger charge is -2.14. The molecule has 1 rings (SSSR count). The first-order valence-electron chi connectivity index (χ1n) is 5.83. The second-order valence-electron chi connectivity index (χ2n) is 4.02. The van der Waals surface area contributed by atoms with E-state index in [1.165, 1.54) is 12.1 Å². The topological polar surface area (TPSA) is 64.4 Å². The summed E-state index contributed by atoms with van der Waals surface area (Å²) in [6.45, 7) is 2.03. The maximum absolute atomic E-state index is 12.1. The van der Waals surface area contributed by atoms with Crippen LogP contribution in [0.3, 0.4) is 0 Å². The summed E-state index contributed by atoms with van der Waals surface area (Å²) in [5, 5.41) is 2.59. The van der Waals surface area contributed by atoms with Crippen molar-refractivity contribution in [3.63, 3.8) is 0 Å². The van der Waals surface area contributed by atoms with Gasteiger partial charge in [0.05, 0.1) is 10.4 Å². The Balaban J connectivity index is 2.80. The predicted octanol–water partition coefficient (Wildman–Crippen LogP) is 3.27. The second-order valence-corrected chi connectivity index (χ2v) is 4.88. The van der Waals surface area contributed by atoms with E-state index >= 15 is 0 Å². The van der Waals surface area contributed by atoms with Gasteiger partial charge in [-0.1, -0.05) is 6.92 Å². The molecule has 4 nitrogen and oxygen atoms in total. The molecule has 0 spiro atoms. The normalized spacial score (nSPS) is 12.9. The van der Waals surface area contributed by atoms with Gasteiger partial charge in [-0.2, -0.15) is 0 Å². The Hall–Kier alpha value is -1.28. The molecule has 0 fully saturated rings. The summed E-state index contributed by atoms with van der Waals surface area (Å²) in [7, 11) is 0. The van der Waals surface area contributed by atoms with Crippen LogP contribution in [0.2, 0.25) is 0 Å². The fourth-order valence-electron chi connectivity index (χ4n) is 1.49. The van der Waals surface area contributed by atoms with E-state index in [1.54, 1.807) is 0 Å². The smallest absolute Gasteiger partial charge is 0.405 e. The summed E-state index contributed by atoms with van der Waals surface area (Å²) in [5.74, 6) is -0.979. The molecule has 3 N–H and O–H groups in total. The van der Waals surface area contributed by atoms with Gasteiger partial charge in [0.1, 0.15) is 5.75 Å². The van der Waals surface area contributed by atoms with E-state index in [0.717, 1.165) is 6.07 Å². The van der Waals surface area contributed by atoms with Gasteiger partial charge >= 0.3 is 6.36 Å². The highest BCUT2D eigenvalue weighted by Crippen LogP contribution is 2.32. The molecule has 1 aromatic rings. The molecular formula is C12H14BrF3N2O2. The van der Waals surface area contributed by atoms with E-state index in [2.05, 4.69) is 26.0 Å². The Morgan fingerprint density at radius 1 is 1.50 bits per heavy atom. The Morgan fingerprint density at radius 3 is 2.60 bits per heavy atom. The van der Waals surface area contributed by atoms with Crippen molar-refractivity contribution in [1.82, 2.24) is 0 Å². The first-order chi connectivity index (χ1) is 9.26. The van der Waals surface area contributed by atoms with E-state index in [0.29, 0.717) is 12.1 Å². The van der Waals surface area contributed by atoms with Crippen LogP contribution >= 0.6 is 15.9 Å². The number of hydrogen-bond acceptors (Lipinski definition) is 3. The minimum Gasteiger partial charge on any atom is -0.405 e. The van der Waals surface area contributed by atoms with Crippen LogP contribution in [0.15, 0.2) is 22.7 Å². The standard InChI is InChI=1S/C12H14BrF3N2O2/c1-2-7(6-17)11(19)18-8-3-4-10(9(13)5-8)20-12(14,15)16/h3-5,7H,2,6,17H2,1H3,(H,18,19). The zero-order valence-electron chi connectivity index (χ0n) is 10.6. The quantitative estimate of drug-likeness (QED) is 0.852. The molecule has 0 aliphatic carbocycles. The van der Waals surface area contributed by atoms with Crippen LogP contribution < -0.4 is 15.8 Å². The average molecular weight is 355 g/mol. The van der Waals surface area contributed by atoms with Crippen molar-refractivity contribution in [3.05, 3.63) is 22.7 Å². The van der Waals surface area contributed by atoms with Crippen molar-refractivity contribution in [1.29, 1.82) is 0 Å². The molecule has 0 saturated heterocycles. The molecule has 1 atom stereocenters. The highest BCUT2D eigenvalue weighted by molar-refractivity contribution is 9.10. The zero-order valence-corrected chi connectivity index (χ0v) is 12.2. The Bertz CT molecular complexity index is 476. The van der Waals surface area contributed by atoms with Crippen molar-refractivity contribution < 1.29 is 22.7 Å². The predicted molar refractivity (Wildman–Crippen MR) is 72.3 cm³/mol. The average Bonchev–Trinajstić information content (AvgIpc) is 2.33. The monoisotopic (exact) mass is 354 g/mol. The maximum atomic E-state index is 12.1. The molecule has 1 amide bonds. The molecule has 1 unspecified atom stereocenters. The van der Waals surface area contributed by atoms with Gasteiger partial charge in [0, 0.05) is 12.2 Å². The van der Waals surface area contributed by atoms with Crippen LogP contribution in [0.25, 0.3) is 0 Å². The Kier molecular flexibility index (Phi) is 5.82. The molecular weight excluding hydrogens is 341 g/mol. The lowest BCUT2D eigenvalue weighted by atomic mass is 10.1. The fourth-order valence-corrected chi connectivity index (χ4v) is 1.95. The molecule has 0 aliphatic rings. The van der Waals surface area contributed by atoms with Crippen LogP contribution in [-0.2, 0) is 4.79 Å². The molecule has 0 aromatic heterocycles. The third-order valence-corrected chi connectivity index (χ3v) is 3.19. The third-order valence-electron chi connectivity index (χ3n) is 2.57. The van der Waals surface area contributed by atoms with Crippen molar-refractivity contribution in [2.75, 3.05) is 11.9 Å². The van der Waals surface area contributed by atoms with Gasteiger partial charge < -0.3 is 15.8 Å². The minimum absolute atomic E-state index is 0.0911. The molecule has 112 valence electrons. The third kappa shape index (κ3) is 5.01. The van der Waals surface area contributed by atoms with Gasteiger partial charge in [0.2, 0.25) is 5.91 Å².